The van der Waals surface area contributed by atoms with Crippen molar-refractivity contribution in [3.05, 3.63) is 29.3 Å². The van der Waals surface area contributed by atoms with Gasteiger partial charge in [-0.2, -0.15) is 0 Å². The first kappa shape index (κ1) is 19.5. The van der Waals surface area contributed by atoms with Crippen LogP contribution in [0.2, 0.25) is 0 Å². The summed E-state index contributed by atoms with van der Waals surface area (Å²) in [5.74, 6) is 0.745. The molecule has 0 unspecified atom stereocenters. The molecule has 1 N–H and O–H groups in total. The standard InChI is InChI=1S/C20H33NO2/c1-3-4-5-6-7-8-9-10-11-12-13-18-14-15-20(23-2)19(16-18)17-21-22/h14-17,22H,3-13H2,1-2H3. The van der Waals surface area contributed by atoms with Crippen molar-refractivity contribution in [2.45, 2.75) is 77.6 Å². The summed E-state index contributed by atoms with van der Waals surface area (Å²) in [5.41, 5.74) is 2.11. The number of methoxy groups -OCH3 is 1. The van der Waals surface area contributed by atoms with Gasteiger partial charge < -0.3 is 9.94 Å². The summed E-state index contributed by atoms with van der Waals surface area (Å²) >= 11 is 0. The lowest BCUT2D eigenvalue weighted by molar-refractivity contribution is 0.321. The van der Waals surface area contributed by atoms with Crippen LogP contribution in [0.25, 0.3) is 0 Å². The van der Waals surface area contributed by atoms with E-state index in [1.807, 2.05) is 12.1 Å². The van der Waals surface area contributed by atoms with Crippen molar-refractivity contribution >= 4 is 6.21 Å². The molecule has 0 amide bonds. The van der Waals surface area contributed by atoms with E-state index in [9.17, 15) is 0 Å². The quantitative estimate of drug-likeness (QED) is 0.211. The Hall–Kier alpha value is -1.51. The van der Waals surface area contributed by atoms with E-state index in [0.717, 1.165) is 17.7 Å². The van der Waals surface area contributed by atoms with E-state index in [0.29, 0.717) is 0 Å². The third-order valence-corrected chi connectivity index (χ3v) is 4.31. The zero-order valence-corrected chi connectivity index (χ0v) is 14.9. The molecule has 3 nitrogen and oxygen atoms in total. The largest absolute Gasteiger partial charge is 0.496 e. The second-order valence-electron chi connectivity index (χ2n) is 6.25. The van der Waals surface area contributed by atoms with E-state index in [4.69, 9.17) is 9.94 Å². The maximum Gasteiger partial charge on any atom is 0.127 e. The van der Waals surface area contributed by atoms with Crippen LogP contribution in [-0.4, -0.2) is 18.5 Å². The summed E-state index contributed by atoms with van der Waals surface area (Å²) in [6, 6.07) is 6.09. The van der Waals surface area contributed by atoms with Gasteiger partial charge in [0.05, 0.1) is 13.3 Å². The van der Waals surface area contributed by atoms with Crippen molar-refractivity contribution in [2.24, 2.45) is 5.16 Å². The third kappa shape index (κ3) is 8.63. The molecule has 1 aromatic carbocycles. The van der Waals surface area contributed by atoms with Gasteiger partial charge >= 0.3 is 0 Å². The van der Waals surface area contributed by atoms with E-state index in [2.05, 4.69) is 18.1 Å². The summed E-state index contributed by atoms with van der Waals surface area (Å²) in [6.45, 7) is 2.27. The minimum absolute atomic E-state index is 0.745. The maximum atomic E-state index is 8.71. The molecule has 0 aliphatic rings. The van der Waals surface area contributed by atoms with Crippen molar-refractivity contribution < 1.29 is 9.94 Å². The molecule has 0 aromatic heterocycles. The minimum Gasteiger partial charge on any atom is -0.496 e. The van der Waals surface area contributed by atoms with Crippen LogP contribution < -0.4 is 4.74 Å². The average Bonchev–Trinajstić information content (AvgIpc) is 2.57. The molecule has 0 spiro atoms. The van der Waals surface area contributed by atoms with Crippen LogP contribution in [0, 0.1) is 0 Å². The van der Waals surface area contributed by atoms with E-state index >= 15 is 0 Å². The molecule has 0 radical (unpaired) electrons. The molecule has 0 atom stereocenters. The molecule has 1 aromatic rings. The van der Waals surface area contributed by atoms with Gasteiger partial charge in [-0.3, -0.25) is 0 Å². The molecule has 130 valence electrons. The van der Waals surface area contributed by atoms with Crippen molar-refractivity contribution in [3.8, 4) is 5.75 Å². The molecule has 0 aliphatic heterocycles. The molecule has 0 saturated heterocycles. The summed E-state index contributed by atoms with van der Waals surface area (Å²) in [4.78, 5) is 0. The average molecular weight is 319 g/mol. The number of ether oxygens (including phenoxy) is 1. The van der Waals surface area contributed by atoms with Crippen molar-refractivity contribution in [1.29, 1.82) is 0 Å². The van der Waals surface area contributed by atoms with Gasteiger partial charge in [0.1, 0.15) is 5.75 Å². The number of rotatable bonds is 13. The first-order valence-corrected chi connectivity index (χ1v) is 9.16. The Morgan fingerprint density at radius 2 is 1.57 bits per heavy atom. The van der Waals surface area contributed by atoms with Crippen LogP contribution >= 0.6 is 0 Å². The van der Waals surface area contributed by atoms with Crippen LogP contribution in [0.4, 0.5) is 0 Å². The summed E-state index contributed by atoms with van der Waals surface area (Å²) < 4.78 is 5.26. The van der Waals surface area contributed by atoms with E-state index in [1.54, 1.807) is 7.11 Å². The summed E-state index contributed by atoms with van der Waals surface area (Å²) in [7, 11) is 1.63. The van der Waals surface area contributed by atoms with Gasteiger partial charge in [-0.25, -0.2) is 0 Å². The second-order valence-corrected chi connectivity index (χ2v) is 6.25. The lowest BCUT2D eigenvalue weighted by Crippen LogP contribution is -1.94. The Labute approximate surface area is 141 Å². The fourth-order valence-corrected chi connectivity index (χ4v) is 2.92. The maximum absolute atomic E-state index is 8.71. The third-order valence-electron chi connectivity index (χ3n) is 4.31. The number of oxime groups is 1. The fourth-order valence-electron chi connectivity index (χ4n) is 2.92. The molecular formula is C20H33NO2. The number of hydrogen-bond acceptors (Lipinski definition) is 3. The molecular weight excluding hydrogens is 286 g/mol. The fraction of sp³-hybridized carbons (Fsp3) is 0.650. The molecule has 1 rings (SSSR count). The van der Waals surface area contributed by atoms with Crippen LogP contribution in [0.15, 0.2) is 23.4 Å². The molecule has 3 heteroatoms. The molecule has 0 saturated carbocycles. The van der Waals surface area contributed by atoms with Crippen molar-refractivity contribution in [3.63, 3.8) is 0 Å². The highest BCUT2D eigenvalue weighted by Gasteiger charge is 2.03. The Balaban J connectivity index is 2.15. The predicted molar refractivity (Wildman–Crippen MR) is 97.9 cm³/mol. The first-order chi connectivity index (χ1) is 11.3. The van der Waals surface area contributed by atoms with Crippen LogP contribution in [0.3, 0.4) is 0 Å². The number of unbranched alkanes of at least 4 members (excludes halogenated alkanes) is 9. The normalized spacial score (nSPS) is 11.2. The smallest absolute Gasteiger partial charge is 0.127 e. The Kier molecular flexibility index (Phi) is 11.0. The van der Waals surface area contributed by atoms with Crippen molar-refractivity contribution in [1.82, 2.24) is 0 Å². The SMILES string of the molecule is CCCCCCCCCCCCc1ccc(OC)c(C=NO)c1. The Bertz CT molecular complexity index is 443. The highest BCUT2D eigenvalue weighted by atomic mass is 16.5. The predicted octanol–water partition coefficient (Wildman–Crippen LogP) is 5.97. The topological polar surface area (TPSA) is 41.8 Å². The summed E-state index contributed by atoms with van der Waals surface area (Å²) in [6.07, 6.45) is 16.1. The summed E-state index contributed by atoms with van der Waals surface area (Å²) in [5, 5.41) is 11.8. The number of benzene rings is 1. The van der Waals surface area contributed by atoms with Crippen LogP contribution in [-0.2, 0) is 6.42 Å². The molecule has 0 bridgehead atoms. The van der Waals surface area contributed by atoms with Gasteiger partial charge in [0.2, 0.25) is 0 Å². The van der Waals surface area contributed by atoms with Crippen LogP contribution in [0.5, 0.6) is 5.75 Å². The van der Waals surface area contributed by atoms with Crippen molar-refractivity contribution in [2.75, 3.05) is 7.11 Å². The van der Waals surface area contributed by atoms with Gasteiger partial charge in [-0.05, 0) is 30.5 Å². The van der Waals surface area contributed by atoms with Gasteiger partial charge in [0.25, 0.3) is 0 Å². The van der Waals surface area contributed by atoms with Crippen LogP contribution in [0.1, 0.15) is 82.3 Å². The second kappa shape index (κ2) is 13.0. The van der Waals surface area contributed by atoms with Gasteiger partial charge in [-0.15, -0.1) is 0 Å². The van der Waals surface area contributed by atoms with E-state index < -0.39 is 0 Å². The zero-order chi connectivity index (χ0) is 16.8. The highest BCUT2D eigenvalue weighted by molar-refractivity contribution is 5.83. The highest BCUT2D eigenvalue weighted by Crippen LogP contribution is 2.20. The monoisotopic (exact) mass is 319 g/mol. The first-order valence-electron chi connectivity index (χ1n) is 9.16. The zero-order valence-electron chi connectivity index (χ0n) is 14.9. The van der Waals surface area contributed by atoms with Gasteiger partial charge in [-0.1, -0.05) is 75.9 Å². The molecule has 23 heavy (non-hydrogen) atoms. The number of hydrogen-bond donors (Lipinski definition) is 1. The Morgan fingerprint density at radius 1 is 0.957 bits per heavy atom. The number of aryl methyl sites for hydroxylation is 1. The lowest BCUT2D eigenvalue weighted by atomic mass is 10.0. The van der Waals surface area contributed by atoms with E-state index in [-0.39, 0.29) is 0 Å². The molecule has 0 aliphatic carbocycles. The lowest BCUT2D eigenvalue weighted by Gasteiger charge is -2.07. The minimum atomic E-state index is 0.745. The molecule has 0 fully saturated rings. The van der Waals surface area contributed by atoms with E-state index in [1.165, 1.54) is 76.0 Å². The van der Waals surface area contributed by atoms with Gasteiger partial charge in [0.15, 0.2) is 0 Å². The molecule has 0 heterocycles. The number of nitrogens with zero attached hydrogens (tertiary/aromatic N) is 1. The van der Waals surface area contributed by atoms with Gasteiger partial charge in [0, 0.05) is 5.56 Å². The Morgan fingerprint density at radius 3 is 2.13 bits per heavy atom.